The molecule has 0 bridgehead atoms. The number of sulfone groups is 1. The summed E-state index contributed by atoms with van der Waals surface area (Å²) in [5, 5.41) is 9.20. The molecule has 0 aromatic rings. The van der Waals surface area contributed by atoms with E-state index in [1.807, 2.05) is 0 Å². The van der Waals surface area contributed by atoms with E-state index in [1.165, 1.54) is 6.26 Å². The van der Waals surface area contributed by atoms with Crippen molar-refractivity contribution in [2.45, 2.75) is 44.9 Å². The number of carbonyl (C=O) groups is 1. The van der Waals surface area contributed by atoms with Gasteiger partial charge in [-0.3, -0.25) is 4.79 Å². The van der Waals surface area contributed by atoms with Crippen molar-refractivity contribution in [3.63, 3.8) is 0 Å². The Morgan fingerprint density at radius 1 is 1.25 bits per heavy atom. The highest BCUT2D eigenvalue weighted by atomic mass is 32.2. The smallest absolute Gasteiger partial charge is 0.309 e. The quantitative estimate of drug-likeness (QED) is 0.728. The molecule has 16 heavy (non-hydrogen) atoms. The van der Waals surface area contributed by atoms with Gasteiger partial charge in [0.05, 0.1) is 5.41 Å². The summed E-state index contributed by atoms with van der Waals surface area (Å²) >= 11 is 0. The Kier molecular flexibility index (Phi) is 4.35. The molecule has 4 nitrogen and oxygen atoms in total. The lowest BCUT2D eigenvalue weighted by Gasteiger charge is -2.23. The maximum atomic E-state index is 11.2. The van der Waals surface area contributed by atoms with Crippen LogP contribution in [0.5, 0.6) is 0 Å². The number of aliphatic carboxylic acids is 1. The second-order valence-electron chi connectivity index (χ2n) is 4.88. The van der Waals surface area contributed by atoms with Crippen molar-refractivity contribution >= 4 is 15.8 Å². The lowest BCUT2D eigenvalue weighted by Crippen LogP contribution is -2.27. The summed E-state index contributed by atoms with van der Waals surface area (Å²) in [6, 6.07) is 0. The molecule has 0 aromatic heterocycles. The van der Waals surface area contributed by atoms with E-state index < -0.39 is 21.2 Å². The molecule has 5 heteroatoms. The third-order valence-corrected chi connectivity index (χ3v) is 4.47. The zero-order chi connectivity index (χ0) is 12.2. The lowest BCUT2D eigenvalue weighted by molar-refractivity contribution is -0.149. The Bertz CT molecular complexity index is 339. The predicted octanol–water partition coefficient (Wildman–Crippen LogP) is 1.85. The van der Waals surface area contributed by atoms with E-state index in [1.54, 1.807) is 0 Å². The molecular formula is C11H20O4S. The minimum atomic E-state index is -2.91. The van der Waals surface area contributed by atoms with Crippen molar-refractivity contribution in [2.24, 2.45) is 5.41 Å². The first-order chi connectivity index (χ1) is 7.36. The fourth-order valence-electron chi connectivity index (χ4n) is 2.45. The van der Waals surface area contributed by atoms with Crippen LogP contribution in [0.1, 0.15) is 44.9 Å². The maximum absolute atomic E-state index is 11.2. The molecule has 0 aromatic carbocycles. The highest BCUT2D eigenvalue weighted by Gasteiger charge is 2.40. The van der Waals surface area contributed by atoms with Gasteiger partial charge in [0.25, 0.3) is 0 Å². The van der Waals surface area contributed by atoms with Crippen LogP contribution in [0.2, 0.25) is 0 Å². The van der Waals surface area contributed by atoms with Crippen molar-refractivity contribution < 1.29 is 18.3 Å². The first-order valence-electron chi connectivity index (χ1n) is 5.77. The normalized spacial score (nSPS) is 19.8. The molecule has 0 heterocycles. The van der Waals surface area contributed by atoms with Gasteiger partial charge in [-0.2, -0.15) is 0 Å². The minimum absolute atomic E-state index is 0.169. The first-order valence-corrected chi connectivity index (χ1v) is 7.83. The summed E-state index contributed by atoms with van der Waals surface area (Å²) in [4.78, 5) is 11.2. The van der Waals surface area contributed by atoms with Crippen molar-refractivity contribution in [2.75, 3.05) is 12.0 Å². The number of hydrogen-bond acceptors (Lipinski definition) is 3. The highest BCUT2D eigenvalue weighted by molar-refractivity contribution is 7.90. The molecule has 0 radical (unpaired) electrons. The van der Waals surface area contributed by atoms with Crippen LogP contribution in [-0.4, -0.2) is 31.5 Å². The summed E-state index contributed by atoms with van der Waals surface area (Å²) in [5.74, 6) is -0.535. The molecule has 0 unspecified atom stereocenters. The minimum Gasteiger partial charge on any atom is -0.481 e. The summed E-state index contributed by atoms with van der Waals surface area (Å²) < 4.78 is 21.8. The molecule has 1 aliphatic rings. The zero-order valence-corrected chi connectivity index (χ0v) is 10.6. The van der Waals surface area contributed by atoms with Crippen LogP contribution >= 0.6 is 0 Å². The number of carboxylic acid groups (broad SMARTS) is 1. The van der Waals surface area contributed by atoms with Crippen LogP contribution in [0, 0.1) is 5.41 Å². The van der Waals surface area contributed by atoms with Crippen molar-refractivity contribution in [1.29, 1.82) is 0 Å². The van der Waals surface area contributed by atoms with Crippen molar-refractivity contribution in [3.8, 4) is 0 Å². The van der Waals surface area contributed by atoms with Gasteiger partial charge >= 0.3 is 5.97 Å². The largest absolute Gasteiger partial charge is 0.481 e. The Labute approximate surface area is 97.0 Å². The number of hydrogen-bond donors (Lipinski definition) is 1. The summed E-state index contributed by atoms with van der Waals surface area (Å²) in [5.41, 5.74) is -0.558. The SMILES string of the molecule is CS(=O)(=O)CCCCC1(C(=O)O)CCCC1. The highest BCUT2D eigenvalue weighted by Crippen LogP contribution is 2.42. The van der Waals surface area contributed by atoms with E-state index >= 15 is 0 Å². The second kappa shape index (κ2) is 5.17. The fourth-order valence-corrected chi connectivity index (χ4v) is 3.18. The second-order valence-corrected chi connectivity index (χ2v) is 7.14. The van der Waals surface area contributed by atoms with E-state index in [0.29, 0.717) is 19.3 Å². The van der Waals surface area contributed by atoms with Crippen LogP contribution in [0.3, 0.4) is 0 Å². The molecule has 0 amide bonds. The van der Waals surface area contributed by atoms with Gasteiger partial charge in [-0.1, -0.05) is 19.3 Å². The van der Waals surface area contributed by atoms with Gasteiger partial charge in [0.2, 0.25) is 0 Å². The molecular weight excluding hydrogens is 228 g/mol. The summed E-state index contributed by atoms with van der Waals surface area (Å²) in [6.45, 7) is 0. The van der Waals surface area contributed by atoms with Gasteiger partial charge in [-0.25, -0.2) is 8.42 Å². The van der Waals surface area contributed by atoms with Crippen LogP contribution < -0.4 is 0 Å². The standard InChI is InChI=1S/C11H20O4S/c1-16(14,15)9-5-4-8-11(10(12)13)6-2-3-7-11/h2-9H2,1H3,(H,12,13). The molecule has 1 N–H and O–H groups in total. The first kappa shape index (κ1) is 13.5. The third-order valence-electron chi connectivity index (χ3n) is 3.43. The zero-order valence-electron chi connectivity index (χ0n) is 9.74. The van der Waals surface area contributed by atoms with E-state index in [2.05, 4.69) is 0 Å². The van der Waals surface area contributed by atoms with Crippen LogP contribution in [-0.2, 0) is 14.6 Å². The van der Waals surface area contributed by atoms with Gasteiger partial charge in [0, 0.05) is 12.0 Å². The Balaban J connectivity index is 2.38. The number of carboxylic acids is 1. The Hall–Kier alpha value is -0.580. The number of rotatable bonds is 6. The maximum Gasteiger partial charge on any atom is 0.309 e. The van der Waals surface area contributed by atoms with E-state index in [-0.39, 0.29) is 5.75 Å². The van der Waals surface area contributed by atoms with Gasteiger partial charge < -0.3 is 5.11 Å². The summed E-state index contributed by atoms with van der Waals surface area (Å²) in [7, 11) is -2.91. The molecule has 94 valence electrons. The summed E-state index contributed by atoms with van der Waals surface area (Å²) in [6.07, 6.45) is 6.58. The monoisotopic (exact) mass is 248 g/mol. The van der Waals surface area contributed by atoms with Crippen LogP contribution in [0.15, 0.2) is 0 Å². The average molecular weight is 248 g/mol. The van der Waals surface area contributed by atoms with Crippen LogP contribution in [0.4, 0.5) is 0 Å². The predicted molar refractivity (Wildman–Crippen MR) is 62.1 cm³/mol. The topological polar surface area (TPSA) is 71.4 Å². The van der Waals surface area contributed by atoms with E-state index in [9.17, 15) is 18.3 Å². The molecule has 0 saturated heterocycles. The van der Waals surface area contributed by atoms with Crippen molar-refractivity contribution in [3.05, 3.63) is 0 Å². The Morgan fingerprint density at radius 2 is 1.81 bits per heavy atom. The average Bonchev–Trinajstić information content (AvgIpc) is 2.60. The molecule has 0 spiro atoms. The van der Waals surface area contributed by atoms with Gasteiger partial charge in [-0.15, -0.1) is 0 Å². The van der Waals surface area contributed by atoms with Crippen LogP contribution in [0.25, 0.3) is 0 Å². The van der Waals surface area contributed by atoms with Gasteiger partial charge in [0.1, 0.15) is 9.84 Å². The fraction of sp³-hybridized carbons (Fsp3) is 0.909. The third kappa shape index (κ3) is 3.77. The molecule has 1 fully saturated rings. The molecule has 1 saturated carbocycles. The Morgan fingerprint density at radius 3 is 2.25 bits per heavy atom. The molecule has 1 aliphatic carbocycles. The van der Waals surface area contributed by atoms with E-state index in [0.717, 1.165) is 25.7 Å². The lowest BCUT2D eigenvalue weighted by atomic mass is 9.81. The van der Waals surface area contributed by atoms with Gasteiger partial charge in [-0.05, 0) is 25.7 Å². The molecule has 1 rings (SSSR count). The van der Waals surface area contributed by atoms with E-state index in [4.69, 9.17) is 0 Å². The number of unbranched alkanes of at least 4 members (excludes halogenated alkanes) is 1. The molecule has 0 aliphatic heterocycles. The molecule has 0 atom stereocenters. The van der Waals surface area contributed by atoms with Crippen molar-refractivity contribution in [1.82, 2.24) is 0 Å². The van der Waals surface area contributed by atoms with Gasteiger partial charge in [0.15, 0.2) is 0 Å².